The molecule has 1 heterocycles. The lowest BCUT2D eigenvalue weighted by Gasteiger charge is -1.88. The first kappa shape index (κ1) is 8.13. The Hall–Kier alpha value is -1.48. The Morgan fingerprint density at radius 3 is 2.92 bits per heavy atom. The summed E-state index contributed by atoms with van der Waals surface area (Å²) < 4.78 is 0. The van der Waals surface area contributed by atoms with Crippen LogP contribution < -0.4 is 0 Å². The van der Waals surface area contributed by atoms with Gasteiger partial charge in [0.15, 0.2) is 0 Å². The number of hydrogen-bond donors (Lipinski definition) is 2. The Bertz CT molecular complexity index is 462. The SMILES string of the molecule is ON=Cc1c(Cl)[nH]c2ccccc12. The lowest BCUT2D eigenvalue weighted by Crippen LogP contribution is -1.78. The molecule has 0 atom stereocenters. The van der Waals surface area contributed by atoms with E-state index >= 15 is 0 Å². The van der Waals surface area contributed by atoms with Gasteiger partial charge in [-0.1, -0.05) is 35.0 Å². The molecule has 0 saturated heterocycles. The summed E-state index contributed by atoms with van der Waals surface area (Å²) in [5.74, 6) is 0. The van der Waals surface area contributed by atoms with Gasteiger partial charge >= 0.3 is 0 Å². The highest BCUT2D eigenvalue weighted by molar-refractivity contribution is 6.34. The van der Waals surface area contributed by atoms with E-state index in [9.17, 15) is 0 Å². The third kappa shape index (κ3) is 1.27. The minimum absolute atomic E-state index is 0.485. The van der Waals surface area contributed by atoms with Gasteiger partial charge in [0, 0.05) is 16.5 Å². The lowest BCUT2D eigenvalue weighted by molar-refractivity contribution is 0.322. The number of halogens is 1. The summed E-state index contributed by atoms with van der Waals surface area (Å²) in [6.45, 7) is 0. The van der Waals surface area contributed by atoms with Crippen molar-refractivity contribution in [2.45, 2.75) is 0 Å². The van der Waals surface area contributed by atoms with E-state index in [1.807, 2.05) is 24.3 Å². The van der Waals surface area contributed by atoms with Crippen LogP contribution in [-0.4, -0.2) is 16.4 Å². The Kier molecular flexibility index (Phi) is 1.94. The Labute approximate surface area is 79.6 Å². The molecule has 0 fully saturated rings. The normalized spacial score (nSPS) is 11.5. The van der Waals surface area contributed by atoms with E-state index < -0.39 is 0 Å². The van der Waals surface area contributed by atoms with Gasteiger partial charge in [-0.3, -0.25) is 0 Å². The van der Waals surface area contributed by atoms with Crippen molar-refractivity contribution in [1.29, 1.82) is 0 Å². The van der Waals surface area contributed by atoms with Crippen molar-refractivity contribution in [3.63, 3.8) is 0 Å². The summed E-state index contributed by atoms with van der Waals surface area (Å²) in [5.41, 5.74) is 1.64. The third-order valence-corrected chi connectivity index (χ3v) is 2.18. The van der Waals surface area contributed by atoms with Crippen molar-refractivity contribution in [3.8, 4) is 0 Å². The molecular formula is C9H7ClN2O. The zero-order valence-electron chi connectivity index (χ0n) is 6.66. The minimum Gasteiger partial charge on any atom is -0.411 e. The second-order valence-electron chi connectivity index (χ2n) is 2.64. The quantitative estimate of drug-likeness (QED) is 0.409. The van der Waals surface area contributed by atoms with Crippen LogP contribution in [0.15, 0.2) is 29.4 Å². The van der Waals surface area contributed by atoms with Gasteiger partial charge in [-0.05, 0) is 6.07 Å². The van der Waals surface area contributed by atoms with Crippen molar-refractivity contribution in [2.75, 3.05) is 0 Å². The van der Waals surface area contributed by atoms with Crippen molar-refractivity contribution >= 4 is 28.7 Å². The monoisotopic (exact) mass is 194 g/mol. The molecule has 4 heteroatoms. The second-order valence-corrected chi connectivity index (χ2v) is 3.02. The van der Waals surface area contributed by atoms with Crippen molar-refractivity contribution in [3.05, 3.63) is 35.0 Å². The molecule has 0 aliphatic heterocycles. The molecule has 3 nitrogen and oxygen atoms in total. The van der Waals surface area contributed by atoms with E-state index in [0.29, 0.717) is 10.7 Å². The molecule has 0 unspecified atom stereocenters. The van der Waals surface area contributed by atoms with Gasteiger partial charge in [0.2, 0.25) is 0 Å². The molecule has 13 heavy (non-hydrogen) atoms. The zero-order valence-corrected chi connectivity index (χ0v) is 7.42. The number of oxime groups is 1. The smallest absolute Gasteiger partial charge is 0.116 e. The molecule has 0 bridgehead atoms. The zero-order chi connectivity index (χ0) is 9.26. The highest BCUT2D eigenvalue weighted by Gasteiger charge is 2.06. The number of rotatable bonds is 1. The maximum Gasteiger partial charge on any atom is 0.116 e. The fourth-order valence-corrected chi connectivity index (χ4v) is 1.57. The number of H-pyrrole nitrogens is 1. The van der Waals surface area contributed by atoms with Crippen molar-refractivity contribution in [1.82, 2.24) is 4.98 Å². The van der Waals surface area contributed by atoms with E-state index in [1.54, 1.807) is 0 Å². The molecule has 2 N–H and O–H groups in total. The Morgan fingerprint density at radius 2 is 2.15 bits per heavy atom. The minimum atomic E-state index is 0.485. The maximum atomic E-state index is 8.42. The van der Waals surface area contributed by atoms with E-state index in [-0.39, 0.29) is 0 Å². The average Bonchev–Trinajstić information content (AvgIpc) is 2.44. The second kappa shape index (κ2) is 3.11. The number of aromatic nitrogens is 1. The Balaban J connectivity index is 2.78. The first-order chi connectivity index (χ1) is 6.33. The molecule has 2 rings (SSSR count). The highest BCUT2D eigenvalue weighted by atomic mass is 35.5. The summed E-state index contributed by atoms with van der Waals surface area (Å²) in [4.78, 5) is 2.97. The summed E-state index contributed by atoms with van der Waals surface area (Å²) in [6.07, 6.45) is 1.32. The van der Waals surface area contributed by atoms with E-state index in [4.69, 9.17) is 16.8 Å². The number of nitrogens with one attached hydrogen (secondary N) is 1. The fourth-order valence-electron chi connectivity index (χ4n) is 1.31. The number of hydrogen-bond acceptors (Lipinski definition) is 2. The van der Waals surface area contributed by atoms with Crippen LogP contribution in [0.3, 0.4) is 0 Å². The summed E-state index contributed by atoms with van der Waals surface area (Å²) in [7, 11) is 0. The first-order valence-corrected chi connectivity index (χ1v) is 4.14. The van der Waals surface area contributed by atoms with E-state index in [0.717, 1.165) is 10.9 Å². The standard InChI is InChI=1S/C9H7ClN2O/c10-9-7(5-11-13)6-3-1-2-4-8(6)12-9/h1-5,12-13H. The average molecular weight is 195 g/mol. The largest absolute Gasteiger partial charge is 0.411 e. The lowest BCUT2D eigenvalue weighted by atomic mass is 10.2. The number of nitrogens with zero attached hydrogens (tertiary/aromatic N) is 1. The molecule has 66 valence electrons. The Morgan fingerprint density at radius 1 is 1.38 bits per heavy atom. The van der Waals surface area contributed by atoms with Crippen LogP contribution >= 0.6 is 11.6 Å². The molecule has 1 aromatic heterocycles. The predicted molar refractivity (Wildman–Crippen MR) is 52.7 cm³/mol. The van der Waals surface area contributed by atoms with Gasteiger partial charge in [0.25, 0.3) is 0 Å². The molecular weight excluding hydrogens is 188 g/mol. The summed E-state index contributed by atoms with van der Waals surface area (Å²) >= 11 is 5.89. The highest BCUT2D eigenvalue weighted by Crippen LogP contribution is 2.23. The predicted octanol–water partition coefficient (Wildman–Crippen LogP) is 2.63. The van der Waals surface area contributed by atoms with Gasteiger partial charge in [0.1, 0.15) is 5.15 Å². The molecule has 0 saturated carbocycles. The molecule has 0 aliphatic rings. The van der Waals surface area contributed by atoms with Crippen LogP contribution in [-0.2, 0) is 0 Å². The van der Waals surface area contributed by atoms with E-state index in [1.165, 1.54) is 6.21 Å². The van der Waals surface area contributed by atoms with Crippen LogP contribution in [0, 0.1) is 0 Å². The molecule has 2 aromatic rings. The molecule has 0 aliphatic carbocycles. The number of benzene rings is 1. The van der Waals surface area contributed by atoms with Crippen molar-refractivity contribution in [2.24, 2.45) is 5.16 Å². The number of fused-ring (bicyclic) bond motifs is 1. The summed E-state index contributed by atoms with van der Waals surface area (Å²) in [6, 6.07) is 7.64. The maximum absolute atomic E-state index is 8.42. The van der Waals surface area contributed by atoms with Gasteiger partial charge in [-0.25, -0.2) is 0 Å². The topological polar surface area (TPSA) is 48.4 Å². The van der Waals surface area contributed by atoms with Gasteiger partial charge in [-0.15, -0.1) is 0 Å². The van der Waals surface area contributed by atoms with Gasteiger partial charge < -0.3 is 10.2 Å². The molecule has 0 radical (unpaired) electrons. The molecule has 0 spiro atoms. The van der Waals surface area contributed by atoms with Crippen LogP contribution in [0.1, 0.15) is 5.56 Å². The van der Waals surface area contributed by atoms with Crippen molar-refractivity contribution < 1.29 is 5.21 Å². The van der Waals surface area contributed by atoms with Crippen LogP contribution in [0.2, 0.25) is 5.15 Å². The number of para-hydroxylation sites is 1. The summed E-state index contributed by atoms with van der Waals surface area (Å²) in [5, 5.41) is 12.8. The van der Waals surface area contributed by atoms with Gasteiger partial charge in [-0.2, -0.15) is 0 Å². The fraction of sp³-hybridized carbons (Fsp3) is 0. The molecule has 1 aromatic carbocycles. The van der Waals surface area contributed by atoms with Crippen LogP contribution in [0.25, 0.3) is 10.9 Å². The van der Waals surface area contributed by atoms with Gasteiger partial charge in [0.05, 0.1) is 6.21 Å². The van der Waals surface area contributed by atoms with Crippen LogP contribution in [0.4, 0.5) is 0 Å². The van der Waals surface area contributed by atoms with E-state index in [2.05, 4.69) is 10.1 Å². The number of aromatic amines is 1. The molecule has 0 amide bonds. The first-order valence-electron chi connectivity index (χ1n) is 3.76. The third-order valence-electron chi connectivity index (χ3n) is 1.88. The van der Waals surface area contributed by atoms with Crippen LogP contribution in [0.5, 0.6) is 0 Å².